The highest BCUT2D eigenvalue weighted by Gasteiger charge is 2.06. The Morgan fingerprint density at radius 2 is 1.50 bits per heavy atom. The lowest BCUT2D eigenvalue weighted by Gasteiger charge is -2.15. The van der Waals surface area contributed by atoms with Crippen molar-refractivity contribution in [2.75, 3.05) is 7.11 Å². The van der Waals surface area contributed by atoms with Gasteiger partial charge in [-0.15, -0.1) is 0 Å². The number of hydrogen-bond acceptors (Lipinski definition) is 1. The minimum Gasteiger partial charge on any atom is -0.380 e. The molecule has 130 valence electrons. The van der Waals surface area contributed by atoms with Crippen molar-refractivity contribution < 1.29 is 4.74 Å². The highest BCUT2D eigenvalue weighted by atomic mass is 16.5. The highest BCUT2D eigenvalue weighted by Crippen LogP contribution is 2.19. The summed E-state index contributed by atoms with van der Waals surface area (Å²) in [5.41, 5.74) is 3.21. The molecule has 22 heavy (non-hydrogen) atoms. The van der Waals surface area contributed by atoms with E-state index in [0.29, 0.717) is 17.9 Å². The average Bonchev–Trinajstić information content (AvgIpc) is 2.49. The van der Waals surface area contributed by atoms with E-state index in [1.807, 2.05) is 13.8 Å². The second kappa shape index (κ2) is 13.8. The molecule has 0 amide bonds. The Bertz CT molecular complexity index is 332. The van der Waals surface area contributed by atoms with Crippen molar-refractivity contribution in [2.24, 2.45) is 5.41 Å². The molecule has 1 atom stereocenters. The van der Waals surface area contributed by atoms with Crippen molar-refractivity contribution in [1.82, 2.24) is 0 Å². The fraction of sp³-hybridized carbons (Fsp3) is 0.714. The molecule has 0 aliphatic carbocycles. The van der Waals surface area contributed by atoms with Crippen LogP contribution in [0.4, 0.5) is 0 Å². The third kappa shape index (κ3) is 12.9. The molecule has 0 aliphatic heterocycles. The summed E-state index contributed by atoms with van der Waals surface area (Å²) in [7, 11) is 1.72. The van der Waals surface area contributed by atoms with Gasteiger partial charge in [-0.1, -0.05) is 86.1 Å². The van der Waals surface area contributed by atoms with Gasteiger partial charge in [0.05, 0.1) is 6.61 Å². The van der Waals surface area contributed by atoms with Crippen LogP contribution in [0.15, 0.2) is 24.3 Å². The summed E-state index contributed by atoms with van der Waals surface area (Å²) in [6.45, 7) is 18.2. The lowest BCUT2D eigenvalue weighted by molar-refractivity contribution is 0.185. The van der Waals surface area contributed by atoms with E-state index in [9.17, 15) is 0 Å². The standard InChI is InChI=1S/C12H18O.C7H16.C2H6/c1-4-10(2)12-7-5-11(6-8-12)9-13-3;1-5-6-7(2,3)4;1-2/h5-8,10H,4,9H2,1-3H3;5-6H2,1-4H3;1-2H3. The van der Waals surface area contributed by atoms with Gasteiger partial charge in [0.15, 0.2) is 0 Å². The molecule has 0 N–H and O–H groups in total. The predicted molar refractivity (Wildman–Crippen MR) is 102 cm³/mol. The second-order valence-electron chi connectivity index (χ2n) is 6.79. The van der Waals surface area contributed by atoms with Gasteiger partial charge in [-0.05, 0) is 35.3 Å². The van der Waals surface area contributed by atoms with Crippen LogP contribution in [0.25, 0.3) is 0 Å². The summed E-state index contributed by atoms with van der Waals surface area (Å²) in [6, 6.07) is 8.68. The fourth-order valence-electron chi connectivity index (χ4n) is 2.09. The van der Waals surface area contributed by atoms with Crippen molar-refractivity contribution in [3.05, 3.63) is 35.4 Å². The monoisotopic (exact) mass is 308 g/mol. The number of ether oxygens (including phenoxy) is 1. The highest BCUT2D eigenvalue weighted by molar-refractivity contribution is 5.24. The summed E-state index contributed by atoms with van der Waals surface area (Å²) >= 11 is 0. The summed E-state index contributed by atoms with van der Waals surface area (Å²) in [4.78, 5) is 0. The molecule has 0 bridgehead atoms. The van der Waals surface area contributed by atoms with Gasteiger partial charge in [0.2, 0.25) is 0 Å². The Hall–Kier alpha value is -0.820. The molecule has 1 heteroatoms. The summed E-state index contributed by atoms with van der Waals surface area (Å²) in [5, 5.41) is 0. The van der Waals surface area contributed by atoms with Crippen LogP contribution in [0, 0.1) is 5.41 Å². The van der Waals surface area contributed by atoms with Gasteiger partial charge in [-0.2, -0.15) is 0 Å². The van der Waals surface area contributed by atoms with Gasteiger partial charge >= 0.3 is 0 Å². The topological polar surface area (TPSA) is 9.23 Å². The maximum Gasteiger partial charge on any atom is 0.0713 e. The van der Waals surface area contributed by atoms with E-state index in [-0.39, 0.29) is 0 Å². The van der Waals surface area contributed by atoms with Gasteiger partial charge in [0.25, 0.3) is 0 Å². The molecule has 1 aromatic carbocycles. The largest absolute Gasteiger partial charge is 0.380 e. The van der Waals surface area contributed by atoms with Crippen molar-refractivity contribution in [2.45, 2.75) is 87.2 Å². The molecule has 1 unspecified atom stereocenters. The van der Waals surface area contributed by atoms with Crippen LogP contribution in [0.5, 0.6) is 0 Å². The molecule has 0 saturated carbocycles. The normalized spacial score (nSPS) is 11.7. The first-order valence-electron chi connectivity index (χ1n) is 8.91. The minimum absolute atomic E-state index is 0.550. The summed E-state index contributed by atoms with van der Waals surface area (Å²) in [5.74, 6) is 0.664. The van der Waals surface area contributed by atoms with E-state index in [0.717, 1.165) is 0 Å². The lowest BCUT2D eigenvalue weighted by atomic mass is 9.91. The number of methoxy groups -OCH3 is 1. The minimum atomic E-state index is 0.550. The lowest BCUT2D eigenvalue weighted by Crippen LogP contribution is -2.02. The van der Waals surface area contributed by atoms with E-state index < -0.39 is 0 Å². The molecule has 0 saturated heterocycles. The van der Waals surface area contributed by atoms with Crippen LogP contribution in [0.3, 0.4) is 0 Å². The van der Waals surface area contributed by atoms with Crippen LogP contribution in [-0.2, 0) is 11.3 Å². The van der Waals surface area contributed by atoms with Crippen molar-refractivity contribution in [3.63, 3.8) is 0 Å². The van der Waals surface area contributed by atoms with E-state index >= 15 is 0 Å². The zero-order chi connectivity index (χ0) is 17.6. The molecule has 0 heterocycles. The Balaban J connectivity index is 0. The molecule has 0 fully saturated rings. The predicted octanol–water partition coefficient (Wildman–Crippen LogP) is 7.21. The first-order valence-corrected chi connectivity index (χ1v) is 8.91. The molecule has 0 radical (unpaired) electrons. The molecule has 0 aliphatic rings. The zero-order valence-electron chi connectivity index (χ0n) is 16.6. The molecule has 0 spiro atoms. The summed E-state index contributed by atoms with van der Waals surface area (Å²) < 4.78 is 5.05. The van der Waals surface area contributed by atoms with Gasteiger partial charge in [0, 0.05) is 7.11 Å². The smallest absolute Gasteiger partial charge is 0.0713 e. The van der Waals surface area contributed by atoms with Crippen LogP contribution in [0.2, 0.25) is 0 Å². The Morgan fingerprint density at radius 1 is 1.00 bits per heavy atom. The Labute approximate surface area is 140 Å². The van der Waals surface area contributed by atoms with E-state index in [4.69, 9.17) is 4.74 Å². The first-order chi connectivity index (χ1) is 10.3. The molecule has 1 aromatic rings. The fourth-order valence-corrected chi connectivity index (χ4v) is 2.09. The summed E-state index contributed by atoms with van der Waals surface area (Å²) in [6.07, 6.45) is 3.85. The molecular formula is C21H40O. The van der Waals surface area contributed by atoms with Crippen molar-refractivity contribution in [3.8, 4) is 0 Å². The van der Waals surface area contributed by atoms with E-state index in [1.54, 1.807) is 7.11 Å². The van der Waals surface area contributed by atoms with Crippen LogP contribution < -0.4 is 0 Å². The van der Waals surface area contributed by atoms with E-state index in [2.05, 4.69) is 65.8 Å². The van der Waals surface area contributed by atoms with Crippen molar-refractivity contribution >= 4 is 0 Å². The Kier molecular flexibility index (Phi) is 14.7. The van der Waals surface area contributed by atoms with Gasteiger partial charge in [-0.25, -0.2) is 0 Å². The maximum absolute atomic E-state index is 5.05. The quantitative estimate of drug-likeness (QED) is 0.558. The third-order valence-corrected chi connectivity index (χ3v) is 3.47. The van der Waals surface area contributed by atoms with Crippen LogP contribution >= 0.6 is 0 Å². The Morgan fingerprint density at radius 3 is 1.77 bits per heavy atom. The maximum atomic E-state index is 5.05. The average molecular weight is 309 g/mol. The number of benzene rings is 1. The van der Waals surface area contributed by atoms with Gasteiger partial charge < -0.3 is 4.74 Å². The zero-order valence-corrected chi connectivity index (χ0v) is 16.6. The van der Waals surface area contributed by atoms with E-state index in [1.165, 1.54) is 30.4 Å². The molecule has 0 aromatic heterocycles. The van der Waals surface area contributed by atoms with Gasteiger partial charge in [-0.3, -0.25) is 0 Å². The van der Waals surface area contributed by atoms with Crippen LogP contribution in [-0.4, -0.2) is 7.11 Å². The number of hydrogen-bond donors (Lipinski definition) is 0. The second-order valence-corrected chi connectivity index (χ2v) is 6.79. The van der Waals surface area contributed by atoms with Gasteiger partial charge in [0.1, 0.15) is 0 Å². The van der Waals surface area contributed by atoms with Crippen molar-refractivity contribution in [1.29, 1.82) is 0 Å². The molecular weight excluding hydrogens is 268 g/mol. The van der Waals surface area contributed by atoms with Crippen LogP contribution in [0.1, 0.15) is 91.7 Å². The first kappa shape index (κ1) is 23.4. The SMILES string of the molecule is CC.CCC(C)c1ccc(COC)cc1.CCCC(C)(C)C. The number of rotatable bonds is 5. The molecule has 1 rings (SSSR count). The third-order valence-electron chi connectivity index (χ3n) is 3.47. The molecule has 1 nitrogen and oxygen atoms in total.